The number of fused-ring (bicyclic) bond motifs is 1. The first-order valence-corrected chi connectivity index (χ1v) is 25.0. The fraction of sp³-hybridized carbons (Fsp3) is 0.614. The number of nitrogens with zero attached hydrogens (tertiary/aromatic N) is 3. The summed E-state index contributed by atoms with van der Waals surface area (Å²) < 4.78 is 23.4. The molecule has 2 aromatic carbocycles. The van der Waals surface area contributed by atoms with E-state index in [0.717, 1.165) is 48.7 Å². The fourth-order valence-corrected chi connectivity index (χ4v) is 10.3. The van der Waals surface area contributed by atoms with Crippen molar-refractivity contribution in [2.75, 3.05) is 115 Å². The minimum absolute atomic E-state index is 0.0186. The van der Waals surface area contributed by atoms with Crippen molar-refractivity contribution in [3.63, 3.8) is 0 Å². The maximum atomic E-state index is 13.6. The van der Waals surface area contributed by atoms with Crippen LogP contribution in [-0.2, 0) is 35.0 Å². The van der Waals surface area contributed by atoms with Gasteiger partial charge >= 0.3 is 12.1 Å². The average Bonchev–Trinajstić information content (AvgIpc) is 4.06. The van der Waals surface area contributed by atoms with Crippen LogP contribution >= 0.6 is 23.5 Å². The largest absolute Gasteiger partial charge is 0.492 e. The highest BCUT2D eigenvalue weighted by atomic mass is 32.2. The van der Waals surface area contributed by atoms with Crippen LogP contribution < -0.4 is 52.9 Å². The summed E-state index contributed by atoms with van der Waals surface area (Å²) in [5.74, 6) is 1.45. The molecule has 67 heavy (non-hydrogen) atoms. The van der Waals surface area contributed by atoms with Crippen LogP contribution in [0, 0.1) is 5.92 Å². The molecule has 4 fully saturated rings. The van der Waals surface area contributed by atoms with Crippen molar-refractivity contribution in [2.45, 2.75) is 60.9 Å². The van der Waals surface area contributed by atoms with E-state index in [1.165, 1.54) is 11.8 Å². The van der Waals surface area contributed by atoms with Gasteiger partial charge in [-0.25, -0.2) is 20.0 Å². The van der Waals surface area contributed by atoms with Crippen molar-refractivity contribution >= 4 is 64.7 Å². The van der Waals surface area contributed by atoms with E-state index >= 15 is 0 Å². The smallest absolute Gasteiger partial charge is 0.321 e. The molecule has 7 amide bonds. The van der Waals surface area contributed by atoms with Crippen molar-refractivity contribution in [3.05, 3.63) is 53.6 Å². The van der Waals surface area contributed by atoms with E-state index in [0.29, 0.717) is 76.9 Å². The van der Waals surface area contributed by atoms with E-state index in [2.05, 4.69) is 60.1 Å². The number of anilines is 2. The molecule has 5 unspecified atom stereocenters. The molecule has 7 atom stereocenters. The van der Waals surface area contributed by atoms with Crippen LogP contribution in [-0.4, -0.2) is 178 Å². The second-order valence-electron chi connectivity index (χ2n) is 17.3. The molecule has 23 heteroatoms. The summed E-state index contributed by atoms with van der Waals surface area (Å²) in [5.41, 5.74) is 9.35. The number of carbonyl (C=O) groups is 5. The van der Waals surface area contributed by atoms with Crippen LogP contribution in [0.1, 0.15) is 37.4 Å². The number of piperazine rings is 1. The number of benzene rings is 2. The van der Waals surface area contributed by atoms with E-state index in [1.807, 2.05) is 54.1 Å². The molecule has 7 rings (SSSR count). The molecule has 5 aliphatic rings. The van der Waals surface area contributed by atoms with E-state index in [-0.39, 0.29) is 77.9 Å². The van der Waals surface area contributed by atoms with Gasteiger partial charge in [-0.05, 0) is 55.4 Å². The van der Waals surface area contributed by atoms with Crippen LogP contribution in [0.25, 0.3) is 0 Å². The number of hydrogen-bond acceptors (Lipinski definition) is 16. The minimum Gasteiger partial charge on any atom is -0.492 e. The zero-order valence-corrected chi connectivity index (χ0v) is 40.1. The number of rotatable bonds is 23. The van der Waals surface area contributed by atoms with E-state index in [4.69, 9.17) is 18.9 Å². The Bertz CT molecular complexity index is 1980. The summed E-state index contributed by atoms with van der Waals surface area (Å²) >= 11 is 2.95. The van der Waals surface area contributed by atoms with Crippen molar-refractivity contribution in [3.8, 4) is 5.75 Å². The Balaban J connectivity index is 0.711. The third-order valence-corrected chi connectivity index (χ3v) is 14.7. The topological polar surface area (TPSA) is 240 Å². The second kappa shape index (κ2) is 25.3. The molecule has 21 nitrogen and oxygen atoms in total. The zero-order valence-electron chi connectivity index (χ0n) is 38.4. The Morgan fingerprint density at radius 1 is 0.955 bits per heavy atom. The van der Waals surface area contributed by atoms with Crippen LogP contribution in [0.15, 0.2) is 42.5 Å². The number of thioether (sulfide) groups is 2. The number of likely N-dealkylation sites (N-methyl/N-ethyl adjacent to an activating group) is 1. The van der Waals surface area contributed by atoms with Gasteiger partial charge in [0.15, 0.2) is 0 Å². The molecule has 0 aliphatic carbocycles. The summed E-state index contributed by atoms with van der Waals surface area (Å²) in [7, 11) is 2.07. The van der Waals surface area contributed by atoms with Crippen LogP contribution in [0.3, 0.4) is 0 Å². The van der Waals surface area contributed by atoms with Gasteiger partial charge < -0.3 is 60.6 Å². The molecule has 9 N–H and O–H groups in total. The first-order chi connectivity index (χ1) is 32.4. The van der Waals surface area contributed by atoms with Gasteiger partial charge in [0.05, 0.1) is 63.5 Å². The maximum Gasteiger partial charge on any atom is 0.321 e. The second-order valence-corrected chi connectivity index (χ2v) is 19.8. The number of carbonyl (C=O) groups excluding carboxylic acids is 5. The lowest BCUT2D eigenvalue weighted by Gasteiger charge is -2.33. The van der Waals surface area contributed by atoms with Gasteiger partial charge in [0.2, 0.25) is 17.7 Å². The Morgan fingerprint density at radius 3 is 2.54 bits per heavy atom. The third-order valence-electron chi connectivity index (χ3n) is 11.9. The maximum absolute atomic E-state index is 13.6. The van der Waals surface area contributed by atoms with Gasteiger partial charge in [0.25, 0.3) is 0 Å². The van der Waals surface area contributed by atoms with Crippen LogP contribution in [0.2, 0.25) is 0 Å². The van der Waals surface area contributed by atoms with Crippen LogP contribution in [0.4, 0.5) is 21.0 Å². The quantitative estimate of drug-likeness (QED) is 0.0702. The molecule has 0 radical (unpaired) electrons. The predicted molar refractivity (Wildman–Crippen MR) is 256 cm³/mol. The summed E-state index contributed by atoms with van der Waals surface area (Å²) in [6, 6.07) is 12.1. The van der Waals surface area contributed by atoms with Crippen molar-refractivity contribution in [1.29, 1.82) is 0 Å². The number of hydrogen-bond donors (Lipinski definition) is 9. The molecule has 0 bridgehead atoms. The lowest BCUT2D eigenvalue weighted by molar-refractivity contribution is -0.133. The fourth-order valence-electron chi connectivity index (χ4n) is 7.96. The first kappa shape index (κ1) is 50.4. The van der Waals surface area contributed by atoms with Crippen molar-refractivity contribution in [2.24, 2.45) is 5.92 Å². The van der Waals surface area contributed by atoms with Crippen molar-refractivity contribution in [1.82, 2.24) is 52.4 Å². The summed E-state index contributed by atoms with van der Waals surface area (Å²) in [6.07, 6.45) is 0.741. The monoisotopic (exact) mass is 970 g/mol. The van der Waals surface area contributed by atoms with Crippen LogP contribution in [0.5, 0.6) is 5.75 Å². The minimum atomic E-state index is -0.587. The van der Waals surface area contributed by atoms with E-state index in [1.54, 1.807) is 23.9 Å². The average molecular weight is 971 g/mol. The lowest BCUT2D eigenvalue weighted by atomic mass is 10.0. The number of amides is 7. The molecule has 4 saturated heterocycles. The summed E-state index contributed by atoms with van der Waals surface area (Å²) in [4.78, 5) is 67.0. The standard InChI is InChI=1S/C44H66N12O9S2/c1-28-23-45-42(60)50-41(28)67-37(40(59)46-29(2)30-4-9-36-31(20-30)21-38(57)49-36)26-64-19-17-62-16-18-63-25-34-24-56(53-52-34)14-15-65-35-7-5-32(6-8-35)47-43(61)51-44-48-33(27-66-44)22-39(58)55-12-10-54(3)11-13-55/h4-9,20,28-29,33-34,37,41,44,48,52-53H,10-19,21-27H2,1-3H3,(H,46,59)(H,49,57)(H2,45,50,60)(H2,47,51,61)/t28?,29-,33?,34?,37+,41?,44?/m1/s1. The molecule has 368 valence electrons. The molecular formula is C44H66N12O9S2. The predicted octanol–water partition coefficient (Wildman–Crippen LogP) is 0.832. The molecule has 2 aromatic rings. The molecule has 5 heterocycles. The number of urea groups is 2. The van der Waals surface area contributed by atoms with Crippen molar-refractivity contribution < 1.29 is 42.9 Å². The normalized spacial score (nSPS) is 24.0. The summed E-state index contributed by atoms with van der Waals surface area (Å²) in [6.45, 7) is 11.5. The van der Waals surface area contributed by atoms with Gasteiger partial charge in [-0.2, -0.15) is 5.53 Å². The molecule has 0 saturated carbocycles. The molecule has 0 spiro atoms. The number of nitrogens with one attached hydrogen (secondary N) is 9. The lowest BCUT2D eigenvalue weighted by Crippen LogP contribution is -2.54. The highest BCUT2D eigenvalue weighted by molar-refractivity contribution is 8.01. The molecular weight excluding hydrogens is 905 g/mol. The molecule has 5 aliphatic heterocycles. The Hall–Kier alpha value is -4.43. The Kier molecular flexibility index (Phi) is 19.0. The highest BCUT2D eigenvalue weighted by Crippen LogP contribution is 2.29. The van der Waals surface area contributed by atoms with Gasteiger partial charge in [-0.15, -0.1) is 23.5 Å². The highest BCUT2D eigenvalue weighted by Gasteiger charge is 2.33. The van der Waals surface area contributed by atoms with Gasteiger partial charge in [-0.3, -0.25) is 19.7 Å². The van der Waals surface area contributed by atoms with Gasteiger partial charge in [0, 0.05) is 81.3 Å². The van der Waals surface area contributed by atoms with Gasteiger partial charge in [0.1, 0.15) is 23.1 Å². The third kappa shape index (κ3) is 15.8. The zero-order chi connectivity index (χ0) is 47.1. The van der Waals surface area contributed by atoms with Gasteiger partial charge in [-0.1, -0.05) is 19.1 Å². The Morgan fingerprint density at radius 2 is 1.73 bits per heavy atom. The molecule has 0 aromatic heterocycles. The first-order valence-electron chi connectivity index (χ1n) is 23.0. The van der Waals surface area contributed by atoms with E-state index in [9.17, 15) is 24.0 Å². The number of ether oxygens (including phenoxy) is 4. The Labute approximate surface area is 400 Å². The SMILES string of the molecule is CC1CNC(=O)NC1S[C@@H](COCCOCCOCC1CN(CCOc2ccc(NC(=O)NC3NC(CC(=O)N4CCN(C)CC4)CS3)cc2)NN1)C(=O)N[C@H](C)c1ccc2c(c1)CC(=O)N2. The summed E-state index contributed by atoms with van der Waals surface area (Å²) in [5, 5.41) is 22.0. The van der Waals surface area contributed by atoms with E-state index < -0.39 is 5.25 Å². The number of hydrazine groups is 2.